The van der Waals surface area contributed by atoms with Crippen molar-refractivity contribution in [2.45, 2.75) is 18.8 Å². The molecule has 0 radical (unpaired) electrons. The summed E-state index contributed by atoms with van der Waals surface area (Å²) in [6.45, 7) is 4.77. The van der Waals surface area contributed by atoms with Crippen LogP contribution in [-0.4, -0.2) is 74.3 Å². The average Bonchev–Trinajstić information content (AvgIpc) is 3.39. The Bertz CT molecular complexity index is 1240. The van der Waals surface area contributed by atoms with Gasteiger partial charge in [0.15, 0.2) is 11.5 Å². The normalized spacial score (nSPS) is 19.2. The van der Waals surface area contributed by atoms with Gasteiger partial charge in [-0.05, 0) is 18.9 Å². The second kappa shape index (κ2) is 8.70. The first-order valence-electron chi connectivity index (χ1n) is 11.4. The predicted octanol–water partition coefficient (Wildman–Crippen LogP) is 2.43. The maximum absolute atomic E-state index is 5.52. The fourth-order valence-electron chi connectivity index (χ4n) is 4.74. The number of anilines is 2. The molecule has 0 saturated carbocycles. The largest absolute Gasteiger partial charge is 0.378 e. The highest BCUT2D eigenvalue weighted by Crippen LogP contribution is 2.35. The minimum Gasteiger partial charge on any atom is -0.378 e. The predicted molar refractivity (Wildman–Crippen MR) is 124 cm³/mol. The number of imidazole rings is 1. The molecule has 33 heavy (non-hydrogen) atoms. The van der Waals surface area contributed by atoms with Gasteiger partial charge in [-0.3, -0.25) is 4.98 Å². The number of fused-ring (bicyclic) bond motifs is 1. The zero-order valence-corrected chi connectivity index (χ0v) is 18.3. The number of aromatic amines is 1. The van der Waals surface area contributed by atoms with Gasteiger partial charge in [0.2, 0.25) is 5.95 Å². The topological polar surface area (TPSA) is 109 Å². The van der Waals surface area contributed by atoms with Crippen molar-refractivity contribution in [2.24, 2.45) is 0 Å². The van der Waals surface area contributed by atoms with Crippen LogP contribution in [0, 0.1) is 0 Å². The summed E-state index contributed by atoms with van der Waals surface area (Å²) in [4.78, 5) is 35.1. The number of ether oxygens (including phenoxy) is 1. The molecule has 0 aromatic carbocycles. The zero-order valence-electron chi connectivity index (χ0n) is 18.3. The van der Waals surface area contributed by atoms with Gasteiger partial charge in [0.05, 0.1) is 25.2 Å². The number of hydrogen-bond acceptors (Lipinski definition) is 9. The number of rotatable bonds is 4. The summed E-state index contributed by atoms with van der Waals surface area (Å²) in [6, 6.07) is 4.03. The van der Waals surface area contributed by atoms with E-state index in [4.69, 9.17) is 14.7 Å². The molecule has 2 aliphatic rings. The Morgan fingerprint density at radius 2 is 1.94 bits per heavy atom. The van der Waals surface area contributed by atoms with E-state index in [-0.39, 0.29) is 5.92 Å². The van der Waals surface area contributed by atoms with Crippen LogP contribution in [0.1, 0.15) is 24.5 Å². The van der Waals surface area contributed by atoms with Gasteiger partial charge < -0.3 is 19.5 Å². The fourth-order valence-corrected chi connectivity index (χ4v) is 4.74. The molecular formula is C23H25N9O. The number of piperidine rings is 1. The lowest BCUT2D eigenvalue weighted by Gasteiger charge is -2.34. The van der Waals surface area contributed by atoms with Crippen LogP contribution >= 0.6 is 0 Å². The van der Waals surface area contributed by atoms with E-state index >= 15 is 0 Å². The summed E-state index contributed by atoms with van der Waals surface area (Å²) in [5, 5.41) is 0. The summed E-state index contributed by atoms with van der Waals surface area (Å²) in [6.07, 6.45) is 11.0. The first-order valence-corrected chi connectivity index (χ1v) is 11.4. The average molecular weight is 444 g/mol. The Balaban J connectivity index is 1.38. The SMILES string of the molecule is c1cncc(-c2cnc(N3CCOCC3)nc2[C@H]2CCCN(c3ncnc4nc[nH]c34)C2)c1. The van der Waals surface area contributed by atoms with Crippen LogP contribution in [-0.2, 0) is 4.74 Å². The molecule has 2 saturated heterocycles. The van der Waals surface area contributed by atoms with Crippen molar-refractivity contribution in [3.05, 3.63) is 49.1 Å². The molecule has 6 rings (SSSR count). The quantitative estimate of drug-likeness (QED) is 0.508. The number of H-pyrrole nitrogens is 1. The molecule has 0 aliphatic carbocycles. The molecule has 0 bridgehead atoms. The molecule has 6 heterocycles. The standard InChI is InChI=1S/C23H25N9O/c1-3-16(11-24-5-1)18-12-25-23(31-7-9-33-10-8-31)30-19(18)17-4-2-6-32(13-17)22-20-21(27-14-26-20)28-15-29-22/h1,3,5,11-12,14-15,17H,2,4,6-10,13H2,(H,26,27,28,29)/t17-/m0/s1. The van der Waals surface area contributed by atoms with E-state index in [0.717, 1.165) is 73.1 Å². The molecule has 10 heteroatoms. The van der Waals surface area contributed by atoms with Gasteiger partial charge in [-0.15, -0.1) is 0 Å². The van der Waals surface area contributed by atoms with Crippen LogP contribution < -0.4 is 9.80 Å². The van der Waals surface area contributed by atoms with Gasteiger partial charge in [0.25, 0.3) is 0 Å². The minimum atomic E-state index is 0.240. The number of aromatic nitrogens is 7. The number of hydrogen-bond donors (Lipinski definition) is 1. The Morgan fingerprint density at radius 1 is 1.00 bits per heavy atom. The third kappa shape index (κ3) is 3.86. The lowest BCUT2D eigenvalue weighted by Crippen LogP contribution is -2.38. The Labute approximate surface area is 191 Å². The maximum Gasteiger partial charge on any atom is 0.225 e. The molecule has 10 nitrogen and oxygen atoms in total. The van der Waals surface area contributed by atoms with Gasteiger partial charge in [-0.25, -0.2) is 24.9 Å². The highest BCUT2D eigenvalue weighted by Gasteiger charge is 2.28. The molecule has 2 aliphatic heterocycles. The van der Waals surface area contributed by atoms with E-state index in [1.807, 2.05) is 18.5 Å². The van der Waals surface area contributed by atoms with Crippen molar-refractivity contribution in [3.8, 4) is 11.1 Å². The number of nitrogens with zero attached hydrogens (tertiary/aromatic N) is 8. The summed E-state index contributed by atoms with van der Waals surface area (Å²) in [5.41, 5.74) is 4.72. The molecule has 0 unspecified atom stereocenters. The summed E-state index contributed by atoms with van der Waals surface area (Å²) < 4.78 is 5.52. The van der Waals surface area contributed by atoms with Crippen molar-refractivity contribution in [3.63, 3.8) is 0 Å². The molecule has 0 amide bonds. The van der Waals surface area contributed by atoms with Crippen molar-refractivity contribution >= 4 is 22.9 Å². The van der Waals surface area contributed by atoms with E-state index < -0.39 is 0 Å². The minimum absolute atomic E-state index is 0.240. The maximum atomic E-state index is 5.52. The fraction of sp³-hybridized carbons (Fsp3) is 0.391. The highest BCUT2D eigenvalue weighted by atomic mass is 16.5. The number of nitrogens with one attached hydrogen (secondary N) is 1. The van der Waals surface area contributed by atoms with Gasteiger partial charge in [-0.2, -0.15) is 0 Å². The highest BCUT2D eigenvalue weighted by molar-refractivity contribution is 5.82. The molecule has 168 valence electrons. The lowest BCUT2D eigenvalue weighted by atomic mass is 9.90. The molecule has 4 aromatic heterocycles. The number of pyridine rings is 1. The van der Waals surface area contributed by atoms with Crippen molar-refractivity contribution in [2.75, 3.05) is 49.2 Å². The first-order chi connectivity index (χ1) is 16.4. The Morgan fingerprint density at radius 3 is 2.82 bits per heavy atom. The molecule has 4 aromatic rings. The lowest BCUT2D eigenvalue weighted by molar-refractivity contribution is 0.122. The number of morpholine rings is 1. The van der Waals surface area contributed by atoms with Gasteiger partial charge in [0, 0.05) is 61.8 Å². The van der Waals surface area contributed by atoms with Crippen molar-refractivity contribution in [1.29, 1.82) is 0 Å². The molecule has 0 spiro atoms. The van der Waals surface area contributed by atoms with Crippen LogP contribution in [0.25, 0.3) is 22.3 Å². The molecule has 2 fully saturated rings. The third-order valence-corrected chi connectivity index (χ3v) is 6.38. The Kier molecular flexibility index (Phi) is 5.27. The third-order valence-electron chi connectivity index (χ3n) is 6.38. The summed E-state index contributed by atoms with van der Waals surface area (Å²) >= 11 is 0. The molecule has 1 atom stereocenters. The van der Waals surface area contributed by atoms with E-state index in [2.05, 4.69) is 40.8 Å². The van der Waals surface area contributed by atoms with Crippen LogP contribution in [0.3, 0.4) is 0 Å². The monoisotopic (exact) mass is 443 g/mol. The molecular weight excluding hydrogens is 418 g/mol. The second-order valence-corrected chi connectivity index (χ2v) is 8.39. The first kappa shape index (κ1) is 20.0. The van der Waals surface area contributed by atoms with Crippen LogP contribution in [0.15, 0.2) is 43.4 Å². The van der Waals surface area contributed by atoms with Crippen LogP contribution in [0.2, 0.25) is 0 Å². The van der Waals surface area contributed by atoms with E-state index in [9.17, 15) is 0 Å². The van der Waals surface area contributed by atoms with Crippen molar-refractivity contribution < 1.29 is 4.74 Å². The van der Waals surface area contributed by atoms with Crippen LogP contribution in [0.5, 0.6) is 0 Å². The summed E-state index contributed by atoms with van der Waals surface area (Å²) in [5.74, 6) is 1.91. The summed E-state index contributed by atoms with van der Waals surface area (Å²) in [7, 11) is 0. The van der Waals surface area contributed by atoms with Gasteiger partial charge >= 0.3 is 0 Å². The van der Waals surface area contributed by atoms with E-state index in [1.165, 1.54) is 0 Å². The van der Waals surface area contributed by atoms with Crippen LogP contribution in [0.4, 0.5) is 11.8 Å². The zero-order chi connectivity index (χ0) is 22.0. The van der Waals surface area contributed by atoms with E-state index in [1.54, 1.807) is 18.9 Å². The van der Waals surface area contributed by atoms with E-state index in [0.29, 0.717) is 18.9 Å². The van der Waals surface area contributed by atoms with Gasteiger partial charge in [0.1, 0.15) is 11.8 Å². The molecule has 1 N–H and O–H groups in total. The Hall–Kier alpha value is -3.66. The van der Waals surface area contributed by atoms with Gasteiger partial charge in [-0.1, -0.05) is 6.07 Å². The second-order valence-electron chi connectivity index (χ2n) is 8.39. The smallest absolute Gasteiger partial charge is 0.225 e. The van der Waals surface area contributed by atoms with Crippen molar-refractivity contribution in [1.82, 2.24) is 34.9 Å².